The number of carbonyl (C=O) groups excluding carboxylic acids is 3. The van der Waals surface area contributed by atoms with Crippen LogP contribution < -0.4 is 10.6 Å². The number of hydrogen-bond acceptors (Lipinski definition) is 7. The van der Waals surface area contributed by atoms with Crippen molar-refractivity contribution in [3.8, 4) is 0 Å². The predicted molar refractivity (Wildman–Crippen MR) is 100 cm³/mol. The van der Waals surface area contributed by atoms with E-state index in [1.165, 1.54) is 23.3 Å². The number of rotatable bonds is 11. The lowest BCUT2D eigenvalue weighted by Crippen LogP contribution is -2.44. The summed E-state index contributed by atoms with van der Waals surface area (Å²) >= 11 is 1.31. The number of aromatic nitrogens is 1. The minimum absolute atomic E-state index is 0.0138. The SMILES string of the molecule is COCCN(CC(=O)NC[C@@H]1CCCO1)C(=O)CCC(=O)Nc1nccs1. The van der Waals surface area contributed by atoms with Gasteiger partial charge in [0.2, 0.25) is 17.7 Å². The fourth-order valence-electron chi connectivity index (χ4n) is 2.60. The molecule has 0 aromatic carbocycles. The normalized spacial score (nSPS) is 16.1. The molecule has 3 amide bonds. The van der Waals surface area contributed by atoms with Crippen molar-refractivity contribution in [1.29, 1.82) is 0 Å². The van der Waals surface area contributed by atoms with Crippen LogP contribution in [0.5, 0.6) is 0 Å². The number of methoxy groups -OCH3 is 1. The number of hydrogen-bond donors (Lipinski definition) is 2. The van der Waals surface area contributed by atoms with Gasteiger partial charge in [0.15, 0.2) is 5.13 Å². The van der Waals surface area contributed by atoms with Crippen molar-refractivity contribution in [3.63, 3.8) is 0 Å². The van der Waals surface area contributed by atoms with Crippen molar-refractivity contribution < 1.29 is 23.9 Å². The smallest absolute Gasteiger partial charge is 0.239 e. The zero-order chi connectivity index (χ0) is 19.5. The Hall–Kier alpha value is -2.04. The molecule has 10 heteroatoms. The lowest BCUT2D eigenvalue weighted by Gasteiger charge is -2.22. The number of carbonyl (C=O) groups is 3. The standard InChI is InChI=1S/C17H26N4O5S/c1-25-9-7-21(12-15(23)19-11-13-3-2-8-26-13)16(24)5-4-14(22)20-17-18-6-10-27-17/h6,10,13H,2-5,7-9,11-12H2,1H3,(H,19,23)(H,18,20,22)/t13-/m0/s1. The number of thiazole rings is 1. The van der Waals surface area contributed by atoms with Crippen molar-refractivity contribution in [2.45, 2.75) is 31.8 Å². The molecule has 27 heavy (non-hydrogen) atoms. The van der Waals surface area contributed by atoms with Gasteiger partial charge in [-0.25, -0.2) is 4.98 Å². The Morgan fingerprint density at radius 1 is 1.37 bits per heavy atom. The highest BCUT2D eigenvalue weighted by molar-refractivity contribution is 7.13. The van der Waals surface area contributed by atoms with Gasteiger partial charge in [0.1, 0.15) is 0 Å². The van der Waals surface area contributed by atoms with Crippen LogP contribution in [0.1, 0.15) is 25.7 Å². The van der Waals surface area contributed by atoms with E-state index in [-0.39, 0.29) is 49.8 Å². The van der Waals surface area contributed by atoms with Crippen LogP contribution >= 0.6 is 11.3 Å². The summed E-state index contributed by atoms with van der Waals surface area (Å²) < 4.78 is 10.5. The first-order valence-electron chi connectivity index (χ1n) is 8.93. The third kappa shape index (κ3) is 8.02. The lowest BCUT2D eigenvalue weighted by atomic mass is 10.2. The van der Waals surface area contributed by atoms with E-state index < -0.39 is 0 Å². The molecule has 1 saturated heterocycles. The van der Waals surface area contributed by atoms with Gasteiger partial charge in [-0.15, -0.1) is 11.3 Å². The van der Waals surface area contributed by atoms with Gasteiger partial charge < -0.3 is 25.0 Å². The average Bonchev–Trinajstić information content (AvgIpc) is 3.35. The van der Waals surface area contributed by atoms with E-state index in [4.69, 9.17) is 9.47 Å². The maximum atomic E-state index is 12.4. The van der Waals surface area contributed by atoms with Gasteiger partial charge in [-0.05, 0) is 12.8 Å². The van der Waals surface area contributed by atoms with Gasteiger partial charge in [0, 0.05) is 51.2 Å². The molecule has 150 valence electrons. The molecule has 1 aromatic rings. The molecule has 1 aliphatic heterocycles. The molecule has 1 aromatic heterocycles. The summed E-state index contributed by atoms with van der Waals surface area (Å²) in [4.78, 5) is 41.8. The van der Waals surface area contributed by atoms with Crippen molar-refractivity contribution >= 4 is 34.2 Å². The van der Waals surface area contributed by atoms with Crippen LogP contribution in [0.3, 0.4) is 0 Å². The van der Waals surface area contributed by atoms with Crippen LogP contribution in [0.15, 0.2) is 11.6 Å². The molecule has 0 spiro atoms. The molecule has 0 unspecified atom stereocenters. The predicted octanol–water partition coefficient (Wildman–Crippen LogP) is 0.632. The second-order valence-corrected chi connectivity index (χ2v) is 7.03. The van der Waals surface area contributed by atoms with Gasteiger partial charge in [-0.2, -0.15) is 0 Å². The van der Waals surface area contributed by atoms with Crippen LogP contribution in [0.2, 0.25) is 0 Å². The van der Waals surface area contributed by atoms with Gasteiger partial charge >= 0.3 is 0 Å². The Kier molecular flexibility index (Phi) is 9.16. The Morgan fingerprint density at radius 3 is 2.89 bits per heavy atom. The highest BCUT2D eigenvalue weighted by atomic mass is 32.1. The third-order valence-corrected chi connectivity index (χ3v) is 4.74. The summed E-state index contributed by atoms with van der Waals surface area (Å²) in [6.07, 6.45) is 3.61. The molecule has 2 N–H and O–H groups in total. The first-order chi connectivity index (χ1) is 13.1. The van der Waals surface area contributed by atoms with Crippen molar-refractivity contribution in [2.75, 3.05) is 45.3 Å². The van der Waals surface area contributed by atoms with Crippen molar-refractivity contribution in [3.05, 3.63) is 11.6 Å². The monoisotopic (exact) mass is 398 g/mol. The van der Waals surface area contributed by atoms with Gasteiger partial charge in [-0.3, -0.25) is 14.4 Å². The highest BCUT2D eigenvalue weighted by Crippen LogP contribution is 2.12. The van der Waals surface area contributed by atoms with E-state index in [0.717, 1.165) is 19.4 Å². The maximum absolute atomic E-state index is 12.4. The summed E-state index contributed by atoms with van der Waals surface area (Å²) in [7, 11) is 1.53. The third-order valence-electron chi connectivity index (χ3n) is 4.05. The fraction of sp³-hybridized carbons (Fsp3) is 0.647. The largest absolute Gasteiger partial charge is 0.383 e. The molecule has 1 aliphatic rings. The molecule has 0 bridgehead atoms. The van der Waals surface area contributed by atoms with E-state index in [0.29, 0.717) is 18.3 Å². The molecule has 2 heterocycles. The minimum Gasteiger partial charge on any atom is -0.383 e. The van der Waals surface area contributed by atoms with E-state index in [1.54, 1.807) is 11.6 Å². The minimum atomic E-state index is -0.284. The van der Waals surface area contributed by atoms with Crippen LogP contribution in [0.4, 0.5) is 5.13 Å². The van der Waals surface area contributed by atoms with Crippen molar-refractivity contribution in [2.24, 2.45) is 0 Å². The quantitative estimate of drug-likeness (QED) is 0.566. The molecule has 0 saturated carbocycles. The highest BCUT2D eigenvalue weighted by Gasteiger charge is 2.20. The zero-order valence-electron chi connectivity index (χ0n) is 15.4. The number of ether oxygens (including phenoxy) is 2. The molecule has 0 radical (unpaired) electrons. The summed E-state index contributed by atoms with van der Waals surface area (Å²) in [5.74, 6) is -0.802. The van der Waals surface area contributed by atoms with E-state index in [9.17, 15) is 14.4 Å². The van der Waals surface area contributed by atoms with Crippen LogP contribution in [-0.4, -0.2) is 73.7 Å². The summed E-state index contributed by atoms with van der Waals surface area (Å²) in [5, 5.41) is 7.68. The van der Waals surface area contributed by atoms with Gasteiger partial charge in [0.05, 0.1) is 19.3 Å². The number of anilines is 1. The van der Waals surface area contributed by atoms with E-state index in [2.05, 4.69) is 15.6 Å². The Morgan fingerprint density at radius 2 is 2.22 bits per heavy atom. The van der Waals surface area contributed by atoms with Crippen LogP contribution in [-0.2, 0) is 23.9 Å². The summed E-state index contributed by atoms with van der Waals surface area (Å²) in [6, 6.07) is 0. The summed E-state index contributed by atoms with van der Waals surface area (Å²) in [6.45, 7) is 1.71. The molecule has 1 atom stereocenters. The average molecular weight is 398 g/mol. The Balaban J connectivity index is 1.75. The van der Waals surface area contributed by atoms with E-state index >= 15 is 0 Å². The molecular formula is C17H26N4O5S. The fourth-order valence-corrected chi connectivity index (χ4v) is 3.15. The van der Waals surface area contributed by atoms with Crippen molar-refractivity contribution in [1.82, 2.24) is 15.2 Å². The molecule has 9 nitrogen and oxygen atoms in total. The first-order valence-corrected chi connectivity index (χ1v) is 9.81. The Bertz CT molecular complexity index is 604. The Labute approximate surface area is 162 Å². The summed E-state index contributed by atoms with van der Waals surface area (Å²) in [5.41, 5.74) is 0. The number of amides is 3. The second kappa shape index (κ2) is 11.6. The van der Waals surface area contributed by atoms with Crippen LogP contribution in [0, 0.1) is 0 Å². The molecule has 1 fully saturated rings. The topological polar surface area (TPSA) is 110 Å². The number of nitrogens with one attached hydrogen (secondary N) is 2. The number of nitrogens with zero attached hydrogens (tertiary/aromatic N) is 2. The van der Waals surface area contributed by atoms with Crippen LogP contribution in [0.25, 0.3) is 0 Å². The zero-order valence-corrected chi connectivity index (χ0v) is 16.3. The molecule has 0 aliphatic carbocycles. The van der Waals surface area contributed by atoms with E-state index in [1.807, 2.05) is 0 Å². The maximum Gasteiger partial charge on any atom is 0.239 e. The second-order valence-electron chi connectivity index (χ2n) is 6.13. The first kappa shape index (κ1) is 21.3. The molecular weight excluding hydrogens is 372 g/mol. The van der Waals surface area contributed by atoms with Gasteiger partial charge in [-0.1, -0.05) is 0 Å². The van der Waals surface area contributed by atoms with Gasteiger partial charge in [0.25, 0.3) is 0 Å². The molecule has 2 rings (SSSR count). The lowest BCUT2D eigenvalue weighted by molar-refractivity contribution is -0.137.